The smallest absolute Gasteiger partial charge is 0.0979 e. The van der Waals surface area contributed by atoms with E-state index in [4.69, 9.17) is 11.6 Å². The molecule has 0 saturated heterocycles. The van der Waals surface area contributed by atoms with E-state index in [1.54, 1.807) is 0 Å². The van der Waals surface area contributed by atoms with Crippen LogP contribution in [0.15, 0.2) is 36.5 Å². The summed E-state index contributed by atoms with van der Waals surface area (Å²) in [5.74, 6) is 0. The minimum absolute atomic E-state index is 0.775. The van der Waals surface area contributed by atoms with Crippen molar-refractivity contribution >= 4 is 56.8 Å². The van der Waals surface area contributed by atoms with Crippen LogP contribution in [0.2, 0.25) is 5.02 Å². The molecule has 14 heavy (non-hydrogen) atoms. The molecular formula is C10H6ClI2N. The lowest BCUT2D eigenvalue weighted by atomic mass is 10.3. The van der Waals surface area contributed by atoms with Gasteiger partial charge in [0.15, 0.2) is 0 Å². The van der Waals surface area contributed by atoms with Crippen LogP contribution >= 0.6 is 56.8 Å². The summed E-state index contributed by atoms with van der Waals surface area (Å²) in [6.45, 7) is 0. The number of nitrogens with zero attached hydrogens (tertiary/aromatic N) is 1. The molecule has 0 radical (unpaired) electrons. The van der Waals surface area contributed by atoms with Crippen LogP contribution in [0.4, 0.5) is 0 Å². The Labute approximate surface area is 115 Å². The number of benzene rings is 1. The second kappa shape index (κ2) is 4.40. The van der Waals surface area contributed by atoms with Crippen LogP contribution in [-0.2, 0) is 0 Å². The Kier molecular flexibility index (Phi) is 3.38. The standard InChI is InChI=1S/C10H6ClI2N/c11-7-3-1-2-4-9(7)14-6-5-8(12)10(14)13/h1-6H. The van der Waals surface area contributed by atoms with Crippen LogP contribution in [0.25, 0.3) is 5.69 Å². The van der Waals surface area contributed by atoms with Crippen molar-refractivity contribution in [2.24, 2.45) is 0 Å². The molecule has 0 amide bonds. The Balaban J connectivity index is 2.60. The molecule has 72 valence electrons. The molecule has 2 rings (SSSR count). The number of hydrogen-bond donors (Lipinski definition) is 0. The molecule has 1 aromatic carbocycles. The SMILES string of the molecule is Clc1ccccc1-n1ccc(I)c1I. The molecule has 1 nitrogen and oxygen atoms in total. The van der Waals surface area contributed by atoms with Gasteiger partial charge >= 0.3 is 0 Å². The van der Waals surface area contributed by atoms with Gasteiger partial charge in [-0.1, -0.05) is 23.7 Å². The highest BCUT2D eigenvalue weighted by Crippen LogP contribution is 2.25. The monoisotopic (exact) mass is 429 g/mol. The fourth-order valence-corrected chi connectivity index (χ4v) is 2.47. The average Bonchev–Trinajstić information content (AvgIpc) is 2.49. The van der Waals surface area contributed by atoms with Gasteiger partial charge in [0, 0.05) is 9.77 Å². The minimum atomic E-state index is 0.775. The summed E-state index contributed by atoms with van der Waals surface area (Å²) in [6, 6.07) is 9.92. The van der Waals surface area contributed by atoms with E-state index in [1.165, 1.54) is 7.27 Å². The summed E-state index contributed by atoms with van der Waals surface area (Å²) in [6.07, 6.45) is 2.03. The Morgan fingerprint density at radius 2 is 1.79 bits per heavy atom. The zero-order chi connectivity index (χ0) is 10.1. The summed E-state index contributed by atoms with van der Waals surface area (Å²) < 4.78 is 4.52. The lowest BCUT2D eigenvalue weighted by Crippen LogP contribution is -1.95. The van der Waals surface area contributed by atoms with E-state index < -0.39 is 0 Å². The van der Waals surface area contributed by atoms with Crippen LogP contribution in [-0.4, -0.2) is 4.57 Å². The van der Waals surface area contributed by atoms with E-state index in [9.17, 15) is 0 Å². The van der Waals surface area contributed by atoms with Crippen LogP contribution < -0.4 is 0 Å². The molecule has 0 atom stereocenters. The average molecular weight is 429 g/mol. The Morgan fingerprint density at radius 1 is 1.07 bits per heavy atom. The third-order valence-electron chi connectivity index (χ3n) is 1.89. The van der Waals surface area contributed by atoms with Gasteiger partial charge < -0.3 is 4.57 Å². The highest BCUT2D eigenvalue weighted by molar-refractivity contribution is 14.1. The molecular weight excluding hydrogens is 423 g/mol. The molecule has 1 aromatic heterocycles. The Hall–Kier alpha value is 0.250. The second-order valence-corrected chi connectivity index (χ2v) is 5.37. The van der Waals surface area contributed by atoms with E-state index in [2.05, 4.69) is 55.8 Å². The zero-order valence-electron chi connectivity index (χ0n) is 7.05. The van der Waals surface area contributed by atoms with E-state index >= 15 is 0 Å². The van der Waals surface area contributed by atoms with Crippen LogP contribution in [0, 0.1) is 7.27 Å². The predicted molar refractivity (Wildman–Crippen MR) is 76.2 cm³/mol. The maximum atomic E-state index is 6.11. The molecule has 0 bridgehead atoms. The molecule has 2 aromatic rings. The van der Waals surface area contributed by atoms with Crippen LogP contribution in [0.1, 0.15) is 0 Å². The highest BCUT2D eigenvalue weighted by atomic mass is 127. The van der Waals surface area contributed by atoms with Gasteiger partial charge in [0.2, 0.25) is 0 Å². The summed E-state index contributed by atoms with van der Waals surface area (Å²) in [5.41, 5.74) is 1.03. The third-order valence-corrected chi connectivity index (χ3v) is 5.21. The van der Waals surface area contributed by atoms with Crippen molar-refractivity contribution in [3.05, 3.63) is 48.8 Å². The first-order chi connectivity index (χ1) is 6.70. The molecule has 0 fully saturated rings. The first-order valence-corrected chi connectivity index (χ1v) is 6.51. The molecule has 1 heterocycles. The van der Waals surface area contributed by atoms with Gasteiger partial charge in [0.1, 0.15) is 0 Å². The van der Waals surface area contributed by atoms with Crippen LogP contribution in [0.3, 0.4) is 0 Å². The fourth-order valence-electron chi connectivity index (χ4n) is 1.22. The Morgan fingerprint density at radius 3 is 2.36 bits per heavy atom. The van der Waals surface area contributed by atoms with Crippen molar-refractivity contribution in [1.29, 1.82) is 0 Å². The summed E-state index contributed by atoms with van der Waals surface area (Å²) in [4.78, 5) is 0. The van der Waals surface area contributed by atoms with Crippen molar-refractivity contribution in [3.63, 3.8) is 0 Å². The zero-order valence-corrected chi connectivity index (χ0v) is 12.1. The number of aromatic nitrogens is 1. The van der Waals surface area contributed by atoms with Gasteiger partial charge in [0.25, 0.3) is 0 Å². The molecule has 0 aliphatic carbocycles. The summed E-state index contributed by atoms with van der Waals surface area (Å²) in [7, 11) is 0. The first kappa shape index (κ1) is 10.8. The highest BCUT2D eigenvalue weighted by Gasteiger charge is 2.07. The first-order valence-electron chi connectivity index (χ1n) is 3.97. The molecule has 0 aliphatic rings. The van der Waals surface area contributed by atoms with Gasteiger partial charge in [-0.15, -0.1) is 0 Å². The number of halogens is 3. The lowest BCUT2D eigenvalue weighted by molar-refractivity contribution is 1.04. The topological polar surface area (TPSA) is 4.93 Å². The third kappa shape index (κ3) is 1.94. The van der Waals surface area contributed by atoms with Crippen molar-refractivity contribution in [2.45, 2.75) is 0 Å². The van der Waals surface area contributed by atoms with E-state index in [0.29, 0.717) is 0 Å². The van der Waals surface area contributed by atoms with Gasteiger partial charge in [-0.05, 0) is 63.4 Å². The van der Waals surface area contributed by atoms with Crippen molar-refractivity contribution in [3.8, 4) is 5.69 Å². The van der Waals surface area contributed by atoms with Crippen molar-refractivity contribution in [2.75, 3.05) is 0 Å². The molecule has 0 saturated carbocycles. The summed E-state index contributed by atoms with van der Waals surface area (Å²) >= 11 is 10.7. The van der Waals surface area contributed by atoms with E-state index in [1.807, 2.05) is 30.5 Å². The van der Waals surface area contributed by atoms with Crippen LogP contribution in [0.5, 0.6) is 0 Å². The molecule has 0 aliphatic heterocycles. The molecule has 0 N–H and O–H groups in total. The van der Waals surface area contributed by atoms with E-state index in [0.717, 1.165) is 10.7 Å². The van der Waals surface area contributed by atoms with Crippen molar-refractivity contribution < 1.29 is 0 Å². The van der Waals surface area contributed by atoms with Gasteiger partial charge in [-0.25, -0.2) is 0 Å². The molecule has 0 unspecified atom stereocenters. The summed E-state index contributed by atoms with van der Waals surface area (Å²) in [5, 5.41) is 0.775. The quantitative estimate of drug-likeness (QED) is 0.595. The number of rotatable bonds is 1. The maximum absolute atomic E-state index is 6.11. The predicted octanol–water partition coefficient (Wildman–Crippen LogP) is 4.34. The normalized spacial score (nSPS) is 10.5. The molecule has 4 heteroatoms. The minimum Gasteiger partial charge on any atom is -0.310 e. The van der Waals surface area contributed by atoms with Crippen molar-refractivity contribution in [1.82, 2.24) is 4.57 Å². The van der Waals surface area contributed by atoms with E-state index in [-0.39, 0.29) is 0 Å². The Bertz CT molecular complexity index is 465. The fraction of sp³-hybridized carbons (Fsp3) is 0. The van der Waals surface area contributed by atoms with Gasteiger partial charge in [0.05, 0.1) is 14.4 Å². The second-order valence-electron chi connectivity index (χ2n) is 2.78. The van der Waals surface area contributed by atoms with Gasteiger partial charge in [-0.2, -0.15) is 0 Å². The number of para-hydroxylation sites is 1. The lowest BCUT2D eigenvalue weighted by Gasteiger charge is -2.06. The number of hydrogen-bond acceptors (Lipinski definition) is 0. The van der Waals surface area contributed by atoms with Gasteiger partial charge in [-0.3, -0.25) is 0 Å². The molecule has 0 spiro atoms. The largest absolute Gasteiger partial charge is 0.310 e. The maximum Gasteiger partial charge on any atom is 0.0979 e.